The second-order valence-electron chi connectivity index (χ2n) is 17.3. The van der Waals surface area contributed by atoms with Gasteiger partial charge in [0.05, 0.1) is 46.9 Å². The predicted molar refractivity (Wildman–Crippen MR) is 207 cm³/mol. The van der Waals surface area contributed by atoms with Crippen molar-refractivity contribution in [1.82, 2.24) is 48.5 Å². The highest BCUT2D eigenvalue weighted by Crippen LogP contribution is 2.53. The zero-order valence-electron chi connectivity index (χ0n) is 31.4. The third-order valence-electron chi connectivity index (χ3n) is 14.2. The number of aromatic nitrogens is 8. The number of amides is 2. The van der Waals surface area contributed by atoms with E-state index < -0.39 is 0 Å². The minimum absolute atomic E-state index is 0.123. The highest BCUT2D eigenvalue weighted by Gasteiger charge is 2.44. The molecule has 2 aliphatic heterocycles. The number of hydrogen-bond donors (Lipinski definition) is 2. The summed E-state index contributed by atoms with van der Waals surface area (Å²) in [5.41, 5.74) is 5.89. The Morgan fingerprint density at radius 3 is 1.94 bits per heavy atom. The maximum atomic E-state index is 14.1. The molecule has 2 saturated heterocycles. The summed E-state index contributed by atoms with van der Waals surface area (Å²) in [6.07, 6.45) is 25.1. The monoisotopic (exact) mass is 728 g/mol. The van der Waals surface area contributed by atoms with Gasteiger partial charge >= 0.3 is 0 Å². The van der Waals surface area contributed by atoms with Crippen molar-refractivity contribution in [2.24, 2.45) is 23.2 Å². The van der Waals surface area contributed by atoms with E-state index in [9.17, 15) is 9.59 Å². The van der Waals surface area contributed by atoms with E-state index in [1.807, 2.05) is 37.2 Å². The lowest BCUT2D eigenvalue weighted by Gasteiger charge is -2.48. The second kappa shape index (κ2) is 13.5. The van der Waals surface area contributed by atoms with Crippen LogP contribution in [-0.2, 0) is 9.59 Å². The van der Waals surface area contributed by atoms with E-state index >= 15 is 0 Å². The van der Waals surface area contributed by atoms with Crippen molar-refractivity contribution in [1.29, 1.82) is 0 Å². The molecule has 6 aromatic heterocycles. The number of nitrogens with one attached hydrogen (secondary N) is 2. The molecule has 0 radical (unpaired) electrons. The molecule has 0 spiro atoms. The predicted octanol–water partition coefficient (Wildman–Crippen LogP) is 7.24. The number of nitrogens with zero attached hydrogens (tertiary/aromatic N) is 8. The van der Waals surface area contributed by atoms with Crippen molar-refractivity contribution in [3.05, 3.63) is 61.0 Å². The molecule has 2 N–H and O–H groups in total. The molecule has 2 amide bonds. The summed E-state index contributed by atoms with van der Waals surface area (Å²) >= 11 is 0. The summed E-state index contributed by atoms with van der Waals surface area (Å²) in [5, 5.41) is 0. The number of fused-ring (bicyclic) bond motifs is 6. The van der Waals surface area contributed by atoms with Crippen LogP contribution in [0.1, 0.15) is 114 Å². The van der Waals surface area contributed by atoms with Crippen LogP contribution < -0.4 is 0 Å². The number of likely N-dealkylation sites (tertiary alicyclic amines) is 2. The standard InChI is InChI=1S/C42H52N10O2/c1-27-11-18-49(25-32(27)40-47-23-30-21-45-38-34(51(30)40)9-16-43-38)37(54)8-15-42(13-3-14-42)20-29-12-19-50(36(53)7-6-28-4-2-5-28)26-33(29)41-48-24-31-22-46-39-35(52(31)41)10-17-44-39/h9-10,16-17,21-24,27-29,32-33,43-44H,2-8,11-15,18-20,25-26H2,1H3/t27-,29-,32+,33-/m0/s1. The van der Waals surface area contributed by atoms with Crippen LogP contribution in [0.25, 0.3) is 33.4 Å². The zero-order chi connectivity index (χ0) is 36.4. The average molecular weight is 729 g/mol. The molecule has 2 saturated carbocycles. The molecule has 54 heavy (non-hydrogen) atoms. The van der Waals surface area contributed by atoms with Crippen LogP contribution in [0.4, 0.5) is 0 Å². The second-order valence-corrected chi connectivity index (χ2v) is 17.3. The van der Waals surface area contributed by atoms with Crippen LogP contribution in [0, 0.1) is 23.2 Å². The van der Waals surface area contributed by atoms with Gasteiger partial charge in [0, 0.05) is 63.3 Å². The topological polar surface area (TPSA) is 133 Å². The fraction of sp³-hybridized carbons (Fsp3) is 0.571. The molecule has 12 nitrogen and oxygen atoms in total. The van der Waals surface area contributed by atoms with E-state index in [0.717, 1.165) is 96.1 Å². The number of piperidine rings is 2. The van der Waals surface area contributed by atoms with Gasteiger partial charge < -0.3 is 19.8 Å². The van der Waals surface area contributed by atoms with Gasteiger partial charge in [-0.15, -0.1) is 0 Å². The van der Waals surface area contributed by atoms with Crippen LogP contribution in [0.3, 0.4) is 0 Å². The van der Waals surface area contributed by atoms with E-state index in [0.29, 0.717) is 43.7 Å². The summed E-state index contributed by atoms with van der Waals surface area (Å²) in [7, 11) is 0. The van der Waals surface area contributed by atoms with Crippen LogP contribution in [0.15, 0.2) is 49.3 Å². The van der Waals surface area contributed by atoms with Crippen LogP contribution in [0.5, 0.6) is 0 Å². The Morgan fingerprint density at radius 1 is 0.741 bits per heavy atom. The Hall–Kier alpha value is -4.74. The van der Waals surface area contributed by atoms with Gasteiger partial charge in [0.25, 0.3) is 0 Å². The van der Waals surface area contributed by atoms with Gasteiger partial charge in [0.2, 0.25) is 11.8 Å². The number of H-pyrrole nitrogens is 2. The van der Waals surface area contributed by atoms with Gasteiger partial charge in [0.15, 0.2) is 11.3 Å². The summed E-state index contributed by atoms with van der Waals surface area (Å²) < 4.78 is 4.49. The van der Waals surface area contributed by atoms with E-state index in [1.54, 1.807) is 0 Å². The summed E-state index contributed by atoms with van der Waals surface area (Å²) in [5.74, 6) is 4.47. The normalized spacial score (nSPS) is 24.8. The van der Waals surface area contributed by atoms with E-state index in [1.165, 1.54) is 38.5 Å². The Morgan fingerprint density at radius 2 is 1.33 bits per heavy atom. The van der Waals surface area contributed by atoms with Gasteiger partial charge in [-0.3, -0.25) is 18.4 Å². The van der Waals surface area contributed by atoms with E-state index in [4.69, 9.17) is 9.97 Å². The molecule has 6 aromatic rings. The van der Waals surface area contributed by atoms with Crippen molar-refractivity contribution in [2.75, 3.05) is 26.2 Å². The van der Waals surface area contributed by atoms with Gasteiger partial charge in [-0.2, -0.15) is 0 Å². The molecule has 4 fully saturated rings. The molecule has 0 aromatic carbocycles. The van der Waals surface area contributed by atoms with E-state index in [2.05, 4.69) is 57.6 Å². The smallest absolute Gasteiger partial charge is 0.222 e. The maximum absolute atomic E-state index is 14.1. The summed E-state index contributed by atoms with van der Waals surface area (Å²) in [6, 6.07) is 4.14. The fourth-order valence-electron chi connectivity index (χ4n) is 10.5. The summed E-state index contributed by atoms with van der Waals surface area (Å²) in [6.45, 7) is 5.32. The molecule has 0 unspecified atom stereocenters. The van der Waals surface area contributed by atoms with Crippen molar-refractivity contribution >= 4 is 45.2 Å². The van der Waals surface area contributed by atoms with Crippen molar-refractivity contribution in [3.63, 3.8) is 0 Å². The Bertz CT molecular complexity index is 2320. The van der Waals surface area contributed by atoms with Crippen molar-refractivity contribution < 1.29 is 9.59 Å². The highest BCUT2D eigenvalue weighted by atomic mass is 16.2. The Labute approximate surface area is 315 Å². The van der Waals surface area contributed by atoms with Gasteiger partial charge in [-0.1, -0.05) is 32.6 Å². The minimum atomic E-state index is 0.123. The molecule has 4 atom stereocenters. The highest BCUT2D eigenvalue weighted by molar-refractivity contribution is 5.78. The first-order chi connectivity index (χ1) is 26.4. The van der Waals surface area contributed by atoms with E-state index in [-0.39, 0.29) is 23.2 Å². The molecule has 4 aliphatic rings. The molecule has 282 valence electrons. The number of imidazole rings is 2. The van der Waals surface area contributed by atoms with Crippen LogP contribution in [-0.4, -0.2) is 86.5 Å². The molecule has 12 heteroatoms. The fourth-order valence-corrected chi connectivity index (χ4v) is 10.5. The molecule has 10 rings (SSSR count). The SMILES string of the molecule is C[C@H]1CCN(C(=O)CCC2(C[C@@H]3CCN(C(=O)CCC4CCC4)C[C@@H]3c3ncc4cnc5[nH]ccc5n34)CCC2)C[C@H]1c1ncc2cnc3[nH]ccc3n12. The summed E-state index contributed by atoms with van der Waals surface area (Å²) in [4.78, 5) is 57.7. The molecular weight excluding hydrogens is 677 g/mol. The third kappa shape index (κ3) is 5.87. The largest absolute Gasteiger partial charge is 0.345 e. The van der Waals surface area contributed by atoms with Crippen LogP contribution >= 0.6 is 0 Å². The van der Waals surface area contributed by atoms with Gasteiger partial charge in [-0.25, -0.2) is 19.9 Å². The Kier molecular flexibility index (Phi) is 8.47. The molecular formula is C42H52N10O2. The quantitative estimate of drug-likeness (QED) is 0.153. The first-order valence-corrected chi connectivity index (χ1v) is 20.6. The van der Waals surface area contributed by atoms with Crippen LogP contribution in [0.2, 0.25) is 0 Å². The Balaban J connectivity index is 0.863. The average Bonchev–Trinajstić information content (AvgIpc) is 3.97. The molecule has 2 aliphatic carbocycles. The minimum Gasteiger partial charge on any atom is -0.345 e. The number of carbonyl (C=O) groups excluding carboxylic acids is 2. The number of hydrogen-bond acceptors (Lipinski definition) is 6. The number of aromatic amines is 2. The van der Waals surface area contributed by atoms with Crippen molar-refractivity contribution in [3.8, 4) is 0 Å². The lowest BCUT2D eigenvalue weighted by Crippen LogP contribution is -2.46. The maximum Gasteiger partial charge on any atom is 0.222 e. The molecule has 8 heterocycles. The van der Waals surface area contributed by atoms with Gasteiger partial charge in [0.1, 0.15) is 11.6 Å². The zero-order valence-corrected chi connectivity index (χ0v) is 31.4. The third-order valence-corrected chi connectivity index (χ3v) is 14.2. The molecule has 0 bridgehead atoms. The number of carbonyl (C=O) groups is 2. The van der Waals surface area contributed by atoms with Crippen molar-refractivity contribution in [2.45, 2.75) is 102 Å². The lowest BCUT2D eigenvalue weighted by molar-refractivity contribution is -0.135. The number of rotatable bonds is 10. The first-order valence-electron chi connectivity index (χ1n) is 20.6. The van der Waals surface area contributed by atoms with Gasteiger partial charge in [-0.05, 0) is 80.2 Å². The first kappa shape index (κ1) is 33.8. The lowest BCUT2D eigenvalue weighted by atomic mass is 9.59.